The number of hydrogen-bond acceptors (Lipinski definition) is 3. The Labute approximate surface area is 170 Å². The molecule has 2 N–H and O–H groups in total. The molecule has 2 heterocycles. The number of aromatic amines is 1. The fourth-order valence-electron chi connectivity index (χ4n) is 4.02. The van der Waals surface area contributed by atoms with Gasteiger partial charge in [0.15, 0.2) is 0 Å². The first-order chi connectivity index (χ1) is 14.2. The Hall–Kier alpha value is -3.12. The molecule has 6 nitrogen and oxygen atoms in total. The van der Waals surface area contributed by atoms with E-state index in [9.17, 15) is 9.59 Å². The number of carbonyl (C=O) groups is 2. The number of piperazine rings is 1. The van der Waals surface area contributed by atoms with Crippen LogP contribution in [-0.4, -0.2) is 59.3 Å². The SMILES string of the molecule is CNC(=O)[C@@H]1CN(C(=O)Cc2c[nH]c3ccccc23)CCN1Cc1ccccc1. The number of fused-ring (bicyclic) bond motifs is 1. The van der Waals surface area contributed by atoms with Gasteiger partial charge >= 0.3 is 0 Å². The molecule has 0 spiro atoms. The summed E-state index contributed by atoms with van der Waals surface area (Å²) < 4.78 is 0. The van der Waals surface area contributed by atoms with E-state index in [4.69, 9.17) is 0 Å². The number of amides is 2. The average molecular weight is 390 g/mol. The summed E-state index contributed by atoms with van der Waals surface area (Å²) in [4.78, 5) is 32.7. The first-order valence-corrected chi connectivity index (χ1v) is 9.98. The molecule has 6 heteroatoms. The van der Waals surface area contributed by atoms with Crippen molar-refractivity contribution in [3.8, 4) is 0 Å². The zero-order valence-corrected chi connectivity index (χ0v) is 16.6. The third-order valence-electron chi connectivity index (χ3n) is 5.64. The van der Waals surface area contributed by atoms with Crippen molar-refractivity contribution >= 4 is 22.7 Å². The largest absolute Gasteiger partial charge is 0.361 e. The molecule has 0 unspecified atom stereocenters. The van der Waals surface area contributed by atoms with E-state index in [0.717, 1.165) is 16.5 Å². The molecule has 2 aromatic carbocycles. The predicted octanol–water partition coefficient (Wildman–Crippen LogP) is 2.17. The number of nitrogens with zero attached hydrogens (tertiary/aromatic N) is 2. The lowest BCUT2D eigenvalue weighted by molar-refractivity contribution is -0.137. The second kappa shape index (κ2) is 8.49. The van der Waals surface area contributed by atoms with Gasteiger partial charge in [0.05, 0.1) is 6.42 Å². The minimum absolute atomic E-state index is 0.0504. The molecular formula is C23H26N4O2. The number of benzene rings is 2. The van der Waals surface area contributed by atoms with Crippen LogP contribution < -0.4 is 5.32 Å². The highest BCUT2D eigenvalue weighted by Crippen LogP contribution is 2.20. The Balaban J connectivity index is 1.46. The van der Waals surface area contributed by atoms with E-state index in [0.29, 0.717) is 32.6 Å². The molecular weight excluding hydrogens is 364 g/mol. The van der Waals surface area contributed by atoms with Crippen LogP contribution >= 0.6 is 0 Å². The molecule has 0 bridgehead atoms. The van der Waals surface area contributed by atoms with Gasteiger partial charge in [-0.2, -0.15) is 0 Å². The third kappa shape index (κ3) is 4.17. The standard InChI is InChI=1S/C23H26N4O2/c1-24-23(29)21-16-27(12-11-26(21)15-17-7-3-2-4-8-17)22(28)13-18-14-25-20-10-6-5-9-19(18)20/h2-10,14,21,25H,11-13,15-16H2,1H3,(H,24,29)/t21-/m0/s1. The number of likely N-dealkylation sites (N-methyl/N-ethyl adjacent to an activating group) is 1. The highest BCUT2D eigenvalue weighted by atomic mass is 16.2. The Morgan fingerprint density at radius 2 is 1.83 bits per heavy atom. The summed E-state index contributed by atoms with van der Waals surface area (Å²) in [5, 5.41) is 3.83. The van der Waals surface area contributed by atoms with Gasteiger partial charge in [-0.25, -0.2) is 0 Å². The summed E-state index contributed by atoms with van der Waals surface area (Å²) in [6, 6.07) is 17.8. The zero-order chi connectivity index (χ0) is 20.2. The first kappa shape index (κ1) is 19.2. The van der Waals surface area contributed by atoms with Gasteiger partial charge in [0, 0.05) is 50.3 Å². The van der Waals surface area contributed by atoms with Crippen molar-refractivity contribution in [2.75, 3.05) is 26.7 Å². The van der Waals surface area contributed by atoms with Crippen LogP contribution in [0.4, 0.5) is 0 Å². The van der Waals surface area contributed by atoms with E-state index in [1.165, 1.54) is 5.56 Å². The number of carbonyl (C=O) groups excluding carboxylic acids is 2. The van der Waals surface area contributed by atoms with Gasteiger partial charge in [-0.1, -0.05) is 48.5 Å². The Bertz CT molecular complexity index is 998. The topological polar surface area (TPSA) is 68.4 Å². The number of aromatic nitrogens is 1. The van der Waals surface area contributed by atoms with Crippen LogP contribution in [0.1, 0.15) is 11.1 Å². The van der Waals surface area contributed by atoms with E-state index in [2.05, 4.69) is 27.3 Å². The van der Waals surface area contributed by atoms with Crippen molar-refractivity contribution in [3.05, 3.63) is 71.9 Å². The lowest BCUT2D eigenvalue weighted by Gasteiger charge is -2.40. The molecule has 1 aromatic heterocycles. The third-order valence-corrected chi connectivity index (χ3v) is 5.64. The van der Waals surface area contributed by atoms with Crippen LogP contribution in [-0.2, 0) is 22.6 Å². The normalized spacial score (nSPS) is 17.4. The van der Waals surface area contributed by atoms with Crippen molar-refractivity contribution in [2.45, 2.75) is 19.0 Å². The molecule has 1 aliphatic rings. The van der Waals surface area contributed by atoms with Crippen LogP contribution in [0, 0.1) is 0 Å². The highest BCUT2D eigenvalue weighted by Gasteiger charge is 2.33. The summed E-state index contributed by atoms with van der Waals surface area (Å²) >= 11 is 0. The van der Waals surface area contributed by atoms with Crippen molar-refractivity contribution in [3.63, 3.8) is 0 Å². The number of para-hydroxylation sites is 1. The average Bonchev–Trinajstić information content (AvgIpc) is 3.17. The smallest absolute Gasteiger partial charge is 0.238 e. The van der Waals surface area contributed by atoms with E-state index < -0.39 is 0 Å². The fraction of sp³-hybridized carbons (Fsp3) is 0.304. The molecule has 150 valence electrons. The van der Waals surface area contributed by atoms with Crippen molar-refractivity contribution in [2.24, 2.45) is 0 Å². The Morgan fingerprint density at radius 1 is 1.07 bits per heavy atom. The monoisotopic (exact) mass is 390 g/mol. The van der Waals surface area contributed by atoms with E-state index in [1.54, 1.807) is 7.05 Å². The minimum Gasteiger partial charge on any atom is -0.361 e. The highest BCUT2D eigenvalue weighted by molar-refractivity contribution is 5.89. The molecule has 29 heavy (non-hydrogen) atoms. The number of hydrogen-bond donors (Lipinski definition) is 2. The number of rotatable bonds is 5. The predicted molar refractivity (Wildman–Crippen MR) is 113 cm³/mol. The lowest BCUT2D eigenvalue weighted by atomic mass is 10.1. The second-order valence-electron chi connectivity index (χ2n) is 7.46. The first-order valence-electron chi connectivity index (χ1n) is 9.98. The zero-order valence-electron chi connectivity index (χ0n) is 16.6. The summed E-state index contributed by atoms with van der Waals surface area (Å²) in [5.41, 5.74) is 3.19. The van der Waals surface area contributed by atoms with Crippen LogP contribution in [0.5, 0.6) is 0 Å². The van der Waals surface area contributed by atoms with Gasteiger partial charge in [-0.05, 0) is 17.2 Å². The Kier molecular flexibility index (Phi) is 5.62. The maximum atomic E-state index is 13.0. The van der Waals surface area contributed by atoms with Gasteiger partial charge in [0.2, 0.25) is 11.8 Å². The quantitative estimate of drug-likeness (QED) is 0.702. The maximum Gasteiger partial charge on any atom is 0.238 e. The molecule has 0 radical (unpaired) electrons. The summed E-state index contributed by atoms with van der Waals surface area (Å²) in [7, 11) is 1.65. The summed E-state index contributed by atoms with van der Waals surface area (Å²) in [6.07, 6.45) is 2.24. The molecule has 1 saturated heterocycles. The van der Waals surface area contributed by atoms with Gasteiger partial charge in [-0.3, -0.25) is 14.5 Å². The molecule has 1 aliphatic heterocycles. The molecule has 2 amide bonds. The van der Waals surface area contributed by atoms with Crippen LogP contribution in [0.15, 0.2) is 60.8 Å². The van der Waals surface area contributed by atoms with Gasteiger partial charge in [0.25, 0.3) is 0 Å². The van der Waals surface area contributed by atoms with E-state index in [-0.39, 0.29) is 17.9 Å². The number of nitrogens with one attached hydrogen (secondary N) is 2. The molecule has 3 aromatic rings. The lowest BCUT2D eigenvalue weighted by Crippen LogP contribution is -2.59. The minimum atomic E-state index is -0.346. The van der Waals surface area contributed by atoms with Gasteiger partial charge < -0.3 is 15.2 Å². The van der Waals surface area contributed by atoms with Crippen molar-refractivity contribution in [1.82, 2.24) is 20.1 Å². The second-order valence-corrected chi connectivity index (χ2v) is 7.46. The molecule has 1 atom stereocenters. The molecule has 1 fully saturated rings. The fourth-order valence-corrected chi connectivity index (χ4v) is 4.02. The maximum absolute atomic E-state index is 13.0. The van der Waals surface area contributed by atoms with Gasteiger partial charge in [0.1, 0.15) is 6.04 Å². The van der Waals surface area contributed by atoms with E-state index in [1.807, 2.05) is 53.6 Å². The Morgan fingerprint density at radius 3 is 2.62 bits per heavy atom. The van der Waals surface area contributed by atoms with Crippen LogP contribution in [0.3, 0.4) is 0 Å². The van der Waals surface area contributed by atoms with Crippen molar-refractivity contribution < 1.29 is 9.59 Å². The molecule has 0 saturated carbocycles. The van der Waals surface area contributed by atoms with Gasteiger partial charge in [-0.15, -0.1) is 0 Å². The summed E-state index contributed by atoms with van der Waals surface area (Å²) in [6.45, 7) is 2.41. The van der Waals surface area contributed by atoms with Crippen molar-refractivity contribution in [1.29, 1.82) is 0 Å². The van der Waals surface area contributed by atoms with Crippen LogP contribution in [0.25, 0.3) is 10.9 Å². The van der Waals surface area contributed by atoms with E-state index >= 15 is 0 Å². The summed E-state index contributed by atoms with van der Waals surface area (Å²) in [5.74, 6) is 0.00791. The molecule has 0 aliphatic carbocycles. The number of H-pyrrole nitrogens is 1. The van der Waals surface area contributed by atoms with Crippen LogP contribution in [0.2, 0.25) is 0 Å². The molecule has 4 rings (SSSR count).